The Morgan fingerprint density at radius 2 is 1.94 bits per heavy atom. The summed E-state index contributed by atoms with van der Waals surface area (Å²) >= 11 is 0. The number of aryl methyl sites for hydroxylation is 1. The lowest BCUT2D eigenvalue weighted by Crippen LogP contribution is -2.01. The predicted octanol–water partition coefficient (Wildman–Crippen LogP) is 1.99. The highest BCUT2D eigenvalue weighted by molar-refractivity contribution is 6.12. The zero-order valence-electron chi connectivity index (χ0n) is 10.1. The third kappa shape index (κ3) is 2.48. The van der Waals surface area contributed by atoms with E-state index in [2.05, 4.69) is 4.74 Å². The van der Waals surface area contributed by atoms with Crippen LogP contribution in [0, 0.1) is 6.92 Å². The van der Waals surface area contributed by atoms with Crippen LogP contribution in [-0.2, 0) is 19.1 Å². The number of hydrogen-bond acceptors (Lipinski definition) is 4. The molecule has 1 aliphatic heterocycles. The SMILES string of the molecule is COC(=O)/C=C1/OC(c2ccc(C)cc2)=CC1=O. The van der Waals surface area contributed by atoms with Crippen LogP contribution in [0.15, 0.2) is 42.2 Å². The van der Waals surface area contributed by atoms with E-state index in [1.807, 2.05) is 31.2 Å². The molecule has 0 saturated heterocycles. The number of ether oxygens (including phenoxy) is 2. The van der Waals surface area contributed by atoms with Crippen molar-refractivity contribution >= 4 is 17.5 Å². The number of carbonyl (C=O) groups excluding carboxylic acids is 2. The summed E-state index contributed by atoms with van der Waals surface area (Å²) in [5.41, 5.74) is 1.91. The third-order valence-electron chi connectivity index (χ3n) is 2.51. The van der Waals surface area contributed by atoms with Crippen molar-refractivity contribution in [1.29, 1.82) is 0 Å². The summed E-state index contributed by atoms with van der Waals surface area (Å²) in [6, 6.07) is 7.56. The molecule has 0 bridgehead atoms. The molecule has 1 heterocycles. The van der Waals surface area contributed by atoms with E-state index in [-0.39, 0.29) is 11.5 Å². The monoisotopic (exact) mass is 244 g/mol. The van der Waals surface area contributed by atoms with E-state index in [0.29, 0.717) is 5.76 Å². The highest BCUT2D eigenvalue weighted by Crippen LogP contribution is 2.26. The molecule has 0 aromatic heterocycles. The largest absolute Gasteiger partial charge is 0.466 e. The Morgan fingerprint density at radius 1 is 1.28 bits per heavy atom. The molecule has 0 amide bonds. The van der Waals surface area contributed by atoms with E-state index < -0.39 is 5.97 Å². The smallest absolute Gasteiger partial charge is 0.334 e. The lowest BCUT2D eigenvalue weighted by atomic mass is 10.1. The molecule has 2 rings (SSSR count). The molecular formula is C14H12O4. The third-order valence-corrected chi connectivity index (χ3v) is 2.51. The van der Waals surface area contributed by atoms with Crippen LogP contribution in [-0.4, -0.2) is 18.9 Å². The van der Waals surface area contributed by atoms with Crippen LogP contribution in [0.2, 0.25) is 0 Å². The number of benzene rings is 1. The Hall–Kier alpha value is -2.36. The molecule has 4 nitrogen and oxygen atoms in total. The van der Waals surface area contributed by atoms with E-state index in [4.69, 9.17) is 4.74 Å². The van der Waals surface area contributed by atoms with Gasteiger partial charge in [0.25, 0.3) is 0 Å². The van der Waals surface area contributed by atoms with Crippen LogP contribution in [0.3, 0.4) is 0 Å². The number of carbonyl (C=O) groups is 2. The Morgan fingerprint density at radius 3 is 2.56 bits per heavy atom. The van der Waals surface area contributed by atoms with E-state index in [9.17, 15) is 9.59 Å². The van der Waals surface area contributed by atoms with Gasteiger partial charge < -0.3 is 9.47 Å². The Bertz CT molecular complexity index is 550. The summed E-state index contributed by atoms with van der Waals surface area (Å²) in [5, 5.41) is 0. The summed E-state index contributed by atoms with van der Waals surface area (Å²) in [6.07, 6.45) is 2.40. The summed E-state index contributed by atoms with van der Waals surface area (Å²) in [5.74, 6) is -0.527. The number of rotatable bonds is 2. The van der Waals surface area contributed by atoms with Crippen molar-refractivity contribution in [3.63, 3.8) is 0 Å². The molecule has 0 spiro atoms. The summed E-state index contributed by atoms with van der Waals surface area (Å²) in [4.78, 5) is 22.6. The molecule has 1 aromatic carbocycles. The van der Waals surface area contributed by atoms with Crippen LogP contribution < -0.4 is 0 Å². The summed E-state index contributed by atoms with van der Waals surface area (Å²) in [6.45, 7) is 1.97. The van der Waals surface area contributed by atoms with Gasteiger partial charge in [-0.15, -0.1) is 0 Å². The van der Waals surface area contributed by atoms with E-state index >= 15 is 0 Å². The quantitative estimate of drug-likeness (QED) is 0.589. The van der Waals surface area contributed by atoms with E-state index in [1.165, 1.54) is 13.2 Å². The standard InChI is InChI=1S/C14H12O4/c1-9-3-5-10(6-4-9)12-7-11(15)13(18-12)8-14(16)17-2/h3-8H,1-2H3/b13-8+. The van der Waals surface area contributed by atoms with Gasteiger partial charge in [0, 0.05) is 11.6 Å². The minimum Gasteiger partial charge on any atom is -0.466 e. The summed E-state index contributed by atoms with van der Waals surface area (Å²) < 4.78 is 9.79. The highest BCUT2D eigenvalue weighted by atomic mass is 16.5. The Labute approximate surface area is 105 Å². The van der Waals surface area contributed by atoms with Gasteiger partial charge in [-0.2, -0.15) is 0 Å². The van der Waals surface area contributed by atoms with Crippen molar-refractivity contribution in [2.24, 2.45) is 0 Å². The molecule has 0 aliphatic carbocycles. The van der Waals surface area contributed by atoms with Gasteiger partial charge in [-0.3, -0.25) is 4.79 Å². The molecule has 92 valence electrons. The molecule has 0 unspecified atom stereocenters. The van der Waals surface area contributed by atoms with Gasteiger partial charge in [0.05, 0.1) is 13.2 Å². The first kappa shape index (κ1) is 12.1. The zero-order chi connectivity index (χ0) is 13.1. The van der Waals surface area contributed by atoms with E-state index in [0.717, 1.165) is 17.2 Å². The first-order chi connectivity index (χ1) is 8.60. The molecule has 0 saturated carbocycles. The number of hydrogen-bond donors (Lipinski definition) is 0. The molecule has 0 atom stereocenters. The maximum absolute atomic E-state index is 11.6. The Kier molecular flexibility index (Phi) is 3.28. The number of esters is 1. The number of methoxy groups -OCH3 is 1. The molecule has 0 fully saturated rings. The molecule has 0 N–H and O–H groups in total. The minimum absolute atomic E-state index is 0.0163. The van der Waals surface area contributed by atoms with Crippen molar-refractivity contribution in [3.8, 4) is 0 Å². The van der Waals surface area contributed by atoms with Crippen LogP contribution in [0.25, 0.3) is 5.76 Å². The van der Waals surface area contributed by atoms with Crippen molar-refractivity contribution < 1.29 is 19.1 Å². The van der Waals surface area contributed by atoms with Crippen LogP contribution >= 0.6 is 0 Å². The van der Waals surface area contributed by atoms with Crippen LogP contribution in [0.5, 0.6) is 0 Å². The normalized spacial score (nSPS) is 16.4. The second kappa shape index (κ2) is 4.87. The van der Waals surface area contributed by atoms with Gasteiger partial charge in [-0.1, -0.05) is 29.8 Å². The van der Waals surface area contributed by atoms with Gasteiger partial charge in [-0.05, 0) is 6.92 Å². The fourth-order valence-electron chi connectivity index (χ4n) is 1.52. The molecule has 4 heteroatoms. The molecule has 18 heavy (non-hydrogen) atoms. The first-order valence-corrected chi connectivity index (χ1v) is 5.40. The lowest BCUT2D eigenvalue weighted by Gasteiger charge is -2.04. The molecule has 0 radical (unpaired) electrons. The second-order valence-electron chi connectivity index (χ2n) is 3.87. The van der Waals surface area contributed by atoms with E-state index in [1.54, 1.807) is 0 Å². The number of allylic oxidation sites excluding steroid dienone is 1. The van der Waals surface area contributed by atoms with Crippen molar-refractivity contribution in [2.45, 2.75) is 6.92 Å². The van der Waals surface area contributed by atoms with Gasteiger partial charge in [-0.25, -0.2) is 4.79 Å². The molecule has 1 aromatic rings. The lowest BCUT2D eigenvalue weighted by molar-refractivity contribution is -0.135. The average molecular weight is 244 g/mol. The van der Waals surface area contributed by atoms with Crippen molar-refractivity contribution in [1.82, 2.24) is 0 Å². The zero-order valence-corrected chi connectivity index (χ0v) is 10.1. The van der Waals surface area contributed by atoms with Gasteiger partial charge in [0.15, 0.2) is 5.76 Å². The Balaban J connectivity index is 2.22. The van der Waals surface area contributed by atoms with Gasteiger partial charge in [0.2, 0.25) is 5.78 Å². The van der Waals surface area contributed by atoms with Crippen LogP contribution in [0.1, 0.15) is 11.1 Å². The second-order valence-corrected chi connectivity index (χ2v) is 3.87. The fraction of sp³-hybridized carbons (Fsp3) is 0.143. The minimum atomic E-state index is -0.614. The maximum atomic E-state index is 11.6. The molecule has 1 aliphatic rings. The maximum Gasteiger partial charge on any atom is 0.334 e. The first-order valence-electron chi connectivity index (χ1n) is 5.40. The average Bonchev–Trinajstić information content (AvgIpc) is 2.71. The highest BCUT2D eigenvalue weighted by Gasteiger charge is 2.22. The fourth-order valence-corrected chi connectivity index (χ4v) is 1.52. The van der Waals surface area contributed by atoms with Crippen LogP contribution in [0.4, 0.5) is 0 Å². The number of ketones is 1. The van der Waals surface area contributed by atoms with Crippen molar-refractivity contribution in [3.05, 3.63) is 53.3 Å². The van der Waals surface area contributed by atoms with Gasteiger partial charge in [0.1, 0.15) is 5.76 Å². The van der Waals surface area contributed by atoms with Gasteiger partial charge >= 0.3 is 5.97 Å². The van der Waals surface area contributed by atoms with Crippen molar-refractivity contribution in [2.75, 3.05) is 7.11 Å². The summed E-state index contributed by atoms with van der Waals surface area (Å²) in [7, 11) is 1.24. The predicted molar refractivity (Wildman–Crippen MR) is 65.3 cm³/mol. The molecular weight excluding hydrogens is 232 g/mol. The topological polar surface area (TPSA) is 52.6 Å².